The number of rotatable bonds is 3. The largest absolute Gasteiger partial charge is 0.493 e. The minimum atomic E-state index is -0.0524. The van der Waals surface area contributed by atoms with Crippen LogP contribution in [-0.4, -0.2) is 16.4 Å². The van der Waals surface area contributed by atoms with E-state index in [0.717, 1.165) is 30.0 Å². The lowest BCUT2D eigenvalue weighted by molar-refractivity contribution is 0.356. The number of hydrogen-bond donors (Lipinski definition) is 2. The molecule has 0 fully saturated rings. The highest BCUT2D eigenvalue weighted by Gasteiger charge is 2.19. The summed E-state index contributed by atoms with van der Waals surface area (Å²) in [5, 5.41) is 4.18. The van der Waals surface area contributed by atoms with Gasteiger partial charge in [0.25, 0.3) is 0 Å². The number of nitrogens with zero attached hydrogens (tertiary/aromatic N) is 2. The second-order valence-corrected chi connectivity index (χ2v) is 4.44. The highest BCUT2D eigenvalue weighted by atomic mass is 16.5. The molecule has 2 aromatic rings. The molecule has 0 saturated heterocycles. The fourth-order valence-corrected chi connectivity index (χ4v) is 2.41. The van der Waals surface area contributed by atoms with E-state index in [4.69, 9.17) is 10.6 Å². The molecule has 0 bridgehead atoms. The molecule has 5 heteroatoms. The highest BCUT2D eigenvalue weighted by molar-refractivity contribution is 5.42. The van der Waals surface area contributed by atoms with Crippen molar-refractivity contribution in [2.45, 2.75) is 12.5 Å². The molecule has 1 aliphatic heterocycles. The van der Waals surface area contributed by atoms with Gasteiger partial charge in [-0.3, -0.25) is 10.5 Å². The molecule has 0 amide bonds. The number of aromatic nitrogens is 2. The van der Waals surface area contributed by atoms with Crippen LogP contribution in [0.1, 0.15) is 22.9 Å². The van der Waals surface area contributed by atoms with E-state index in [1.807, 2.05) is 29.9 Å². The Balaban J connectivity index is 2.00. The van der Waals surface area contributed by atoms with Crippen molar-refractivity contribution in [2.75, 3.05) is 6.61 Å². The van der Waals surface area contributed by atoms with Crippen molar-refractivity contribution in [1.82, 2.24) is 15.2 Å². The van der Waals surface area contributed by atoms with Gasteiger partial charge in [-0.25, -0.2) is 5.43 Å². The number of benzene rings is 1. The molecule has 3 rings (SSSR count). The first-order valence-corrected chi connectivity index (χ1v) is 5.99. The number of fused-ring (bicyclic) bond motifs is 1. The van der Waals surface area contributed by atoms with Gasteiger partial charge < -0.3 is 4.74 Å². The molecule has 2 heterocycles. The summed E-state index contributed by atoms with van der Waals surface area (Å²) in [7, 11) is 1.91. The summed E-state index contributed by atoms with van der Waals surface area (Å²) in [4.78, 5) is 0. The van der Waals surface area contributed by atoms with Gasteiger partial charge in [-0.1, -0.05) is 6.07 Å². The van der Waals surface area contributed by atoms with Crippen LogP contribution >= 0.6 is 0 Å². The average molecular weight is 244 g/mol. The molecule has 0 aliphatic carbocycles. The van der Waals surface area contributed by atoms with E-state index in [1.165, 1.54) is 5.56 Å². The van der Waals surface area contributed by atoms with Gasteiger partial charge in [0.1, 0.15) is 5.75 Å². The summed E-state index contributed by atoms with van der Waals surface area (Å²) in [5.74, 6) is 6.67. The van der Waals surface area contributed by atoms with E-state index in [2.05, 4.69) is 16.6 Å². The lowest BCUT2D eigenvalue weighted by Gasteiger charge is -2.17. The van der Waals surface area contributed by atoms with Gasteiger partial charge in [-0.05, 0) is 29.3 Å². The quantitative estimate of drug-likeness (QED) is 0.622. The Labute approximate surface area is 106 Å². The minimum Gasteiger partial charge on any atom is -0.493 e. The number of aryl methyl sites for hydroxylation is 1. The zero-order valence-electron chi connectivity index (χ0n) is 10.3. The van der Waals surface area contributed by atoms with Crippen LogP contribution < -0.4 is 16.0 Å². The molecule has 1 unspecified atom stereocenters. The zero-order valence-corrected chi connectivity index (χ0v) is 10.3. The average Bonchev–Trinajstić information content (AvgIpc) is 2.99. The van der Waals surface area contributed by atoms with E-state index in [1.54, 1.807) is 6.20 Å². The summed E-state index contributed by atoms with van der Waals surface area (Å²) in [6.45, 7) is 0.769. The van der Waals surface area contributed by atoms with Crippen LogP contribution in [0.15, 0.2) is 30.5 Å². The van der Waals surface area contributed by atoms with Gasteiger partial charge in [0.05, 0.1) is 18.3 Å². The molecule has 1 aromatic heterocycles. The molecule has 1 atom stereocenters. The molecular weight excluding hydrogens is 228 g/mol. The Morgan fingerprint density at radius 3 is 3.06 bits per heavy atom. The minimum absolute atomic E-state index is 0.0524. The maximum Gasteiger partial charge on any atom is 0.122 e. The first-order chi connectivity index (χ1) is 8.79. The Kier molecular flexibility index (Phi) is 2.77. The molecule has 3 N–H and O–H groups in total. The number of hydrogen-bond acceptors (Lipinski definition) is 4. The van der Waals surface area contributed by atoms with Crippen molar-refractivity contribution in [3.63, 3.8) is 0 Å². The third-order valence-corrected chi connectivity index (χ3v) is 3.37. The van der Waals surface area contributed by atoms with Crippen molar-refractivity contribution in [3.8, 4) is 5.75 Å². The van der Waals surface area contributed by atoms with Gasteiger partial charge in [-0.15, -0.1) is 0 Å². The molecule has 0 saturated carbocycles. The normalized spacial score (nSPS) is 15.2. The Morgan fingerprint density at radius 2 is 2.33 bits per heavy atom. The van der Waals surface area contributed by atoms with Gasteiger partial charge in [0.15, 0.2) is 0 Å². The van der Waals surface area contributed by atoms with Crippen LogP contribution in [0, 0.1) is 0 Å². The Hall–Kier alpha value is -1.85. The van der Waals surface area contributed by atoms with Crippen molar-refractivity contribution in [1.29, 1.82) is 0 Å². The van der Waals surface area contributed by atoms with E-state index in [9.17, 15) is 0 Å². The SMILES string of the molecule is Cn1nccc1C(NN)c1ccc2c(c1)CCO2. The number of hydrazine groups is 1. The number of nitrogens with one attached hydrogen (secondary N) is 1. The van der Waals surface area contributed by atoms with Crippen LogP contribution in [0.5, 0.6) is 5.75 Å². The van der Waals surface area contributed by atoms with Crippen LogP contribution in [-0.2, 0) is 13.5 Å². The van der Waals surface area contributed by atoms with E-state index < -0.39 is 0 Å². The van der Waals surface area contributed by atoms with Gasteiger partial charge >= 0.3 is 0 Å². The Bertz CT molecular complexity index is 564. The standard InChI is InChI=1S/C13H16N4O/c1-17-11(4-6-15-17)13(16-14)10-2-3-12-9(8-10)5-7-18-12/h2-4,6,8,13,16H,5,7,14H2,1H3. The molecule has 0 spiro atoms. The van der Waals surface area contributed by atoms with Crippen molar-refractivity contribution >= 4 is 0 Å². The van der Waals surface area contributed by atoms with Crippen molar-refractivity contribution < 1.29 is 4.74 Å². The molecule has 5 nitrogen and oxygen atoms in total. The second-order valence-electron chi connectivity index (χ2n) is 4.44. The van der Waals surface area contributed by atoms with Gasteiger partial charge in [-0.2, -0.15) is 5.10 Å². The van der Waals surface area contributed by atoms with Gasteiger partial charge in [0.2, 0.25) is 0 Å². The lowest BCUT2D eigenvalue weighted by atomic mass is 10.0. The second kappa shape index (κ2) is 4.44. The molecule has 94 valence electrons. The number of nitrogens with two attached hydrogens (primary N) is 1. The van der Waals surface area contributed by atoms with E-state index >= 15 is 0 Å². The monoisotopic (exact) mass is 244 g/mol. The molecular formula is C13H16N4O. The van der Waals surface area contributed by atoms with Crippen LogP contribution in [0.3, 0.4) is 0 Å². The summed E-state index contributed by atoms with van der Waals surface area (Å²) >= 11 is 0. The van der Waals surface area contributed by atoms with Crippen LogP contribution in [0.25, 0.3) is 0 Å². The zero-order chi connectivity index (χ0) is 12.5. The van der Waals surface area contributed by atoms with Crippen LogP contribution in [0.4, 0.5) is 0 Å². The molecule has 1 aromatic carbocycles. The number of ether oxygens (including phenoxy) is 1. The topological polar surface area (TPSA) is 65.1 Å². The third-order valence-electron chi connectivity index (χ3n) is 3.37. The van der Waals surface area contributed by atoms with E-state index in [-0.39, 0.29) is 6.04 Å². The highest BCUT2D eigenvalue weighted by Crippen LogP contribution is 2.30. The van der Waals surface area contributed by atoms with E-state index in [0.29, 0.717) is 0 Å². The van der Waals surface area contributed by atoms with Gasteiger partial charge in [0, 0.05) is 19.7 Å². The molecule has 18 heavy (non-hydrogen) atoms. The fourth-order valence-electron chi connectivity index (χ4n) is 2.41. The first-order valence-electron chi connectivity index (χ1n) is 5.99. The molecule has 0 radical (unpaired) electrons. The predicted octanol–water partition coefficient (Wildman–Crippen LogP) is 0.908. The van der Waals surface area contributed by atoms with Crippen LogP contribution in [0.2, 0.25) is 0 Å². The van der Waals surface area contributed by atoms with Crippen molar-refractivity contribution in [3.05, 3.63) is 47.3 Å². The maximum absolute atomic E-state index is 5.69. The maximum atomic E-state index is 5.69. The lowest BCUT2D eigenvalue weighted by Crippen LogP contribution is -2.30. The summed E-state index contributed by atoms with van der Waals surface area (Å²) < 4.78 is 7.34. The fraction of sp³-hybridized carbons (Fsp3) is 0.308. The summed E-state index contributed by atoms with van der Waals surface area (Å²) in [6, 6.07) is 8.12. The first kappa shape index (κ1) is 11.3. The smallest absolute Gasteiger partial charge is 0.122 e. The van der Waals surface area contributed by atoms with Crippen molar-refractivity contribution in [2.24, 2.45) is 12.9 Å². The summed E-state index contributed by atoms with van der Waals surface area (Å²) in [5.41, 5.74) is 6.26. The predicted molar refractivity (Wildman–Crippen MR) is 68.0 cm³/mol. The third kappa shape index (κ3) is 1.77. The Morgan fingerprint density at radius 1 is 1.44 bits per heavy atom. The summed E-state index contributed by atoms with van der Waals surface area (Å²) in [6.07, 6.45) is 2.74. The molecule has 1 aliphatic rings.